The van der Waals surface area contributed by atoms with Gasteiger partial charge in [-0.3, -0.25) is 10.7 Å². The molecule has 0 aliphatic rings. The third kappa shape index (κ3) is 0.981. The van der Waals surface area contributed by atoms with Crippen LogP contribution in [-0.4, -0.2) is 15.2 Å². The van der Waals surface area contributed by atoms with Gasteiger partial charge in [-0.25, -0.2) is 9.97 Å². The van der Waals surface area contributed by atoms with Crippen molar-refractivity contribution in [3.05, 3.63) is 30.7 Å². The highest BCUT2D eigenvalue weighted by Gasteiger charge is 1.98. The van der Waals surface area contributed by atoms with Gasteiger partial charge in [0.2, 0.25) is 0 Å². The van der Waals surface area contributed by atoms with Crippen molar-refractivity contribution in [2.24, 2.45) is 0 Å². The molecule has 4 heteroatoms. The molecule has 2 N–H and O–H groups in total. The van der Waals surface area contributed by atoms with Crippen molar-refractivity contribution in [3.8, 4) is 0 Å². The quantitative estimate of drug-likeness (QED) is 0.621. The monoisotopic (exact) mass is 161 g/mol. The second-order valence-corrected chi connectivity index (χ2v) is 2.37. The lowest BCUT2D eigenvalue weighted by Gasteiger charge is -2.01. The molecule has 0 radical (unpaired) electrons. The molecular weight excluding hydrogens is 154 g/mol. The first-order chi connectivity index (χ1) is 5.92. The first-order valence-electron chi connectivity index (χ1n) is 3.50. The van der Waals surface area contributed by atoms with Gasteiger partial charge in [0.15, 0.2) is 0 Å². The summed E-state index contributed by atoms with van der Waals surface area (Å²) in [5.41, 5.74) is 3.52. The zero-order chi connectivity index (χ0) is 8.39. The molecule has 0 fully saturated rings. The predicted molar refractivity (Wildman–Crippen MR) is 44.9 cm³/mol. The zero-order valence-corrected chi connectivity index (χ0v) is 6.23. The van der Waals surface area contributed by atoms with Crippen LogP contribution in [0.15, 0.2) is 30.7 Å². The van der Waals surface area contributed by atoms with E-state index in [9.17, 15) is 0 Å². The molecule has 4 nitrogen and oxygen atoms in total. The predicted octanol–water partition coefficient (Wildman–Crippen LogP) is 1.43. The Balaban J connectivity index is 2.79. The van der Waals surface area contributed by atoms with Gasteiger partial charge in [-0.15, -0.1) is 0 Å². The van der Waals surface area contributed by atoms with E-state index in [1.807, 2.05) is 12.1 Å². The Kier molecular flexibility index (Phi) is 1.60. The smallest absolute Gasteiger partial charge is 0.116 e. The van der Waals surface area contributed by atoms with Gasteiger partial charge in [-0.1, -0.05) is 6.07 Å². The van der Waals surface area contributed by atoms with Crippen LogP contribution in [0.5, 0.6) is 0 Å². The summed E-state index contributed by atoms with van der Waals surface area (Å²) in [6.45, 7) is 0. The van der Waals surface area contributed by atoms with Crippen molar-refractivity contribution in [2.45, 2.75) is 0 Å². The zero-order valence-electron chi connectivity index (χ0n) is 6.23. The van der Waals surface area contributed by atoms with Crippen molar-refractivity contribution >= 4 is 16.6 Å². The normalized spacial score (nSPS) is 10.1. The van der Waals surface area contributed by atoms with Crippen molar-refractivity contribution in [1.29, 1.82) is 0 Å². The maximum absolute atomic E-state index is 8.73. The van der Waals surface area contributed by atoms with Crippen LogP contribution in [0.4, 0.5) is 5.69 Å². The van der Waals surface area contributed by atoms with E-state index in [1.165, 1.54) is 6.33 Å². The maximum atomic E-state index is 8.73. The van der Waals surface area contributed by atoms with Gasteiger partial charge in [-0.2, -0.15) is 0 Å². The standard InChI is InChI=1S/C8H7N3O/c12-11-8-3-1-2-7-6(8)4-9-5-10-7/h1-5,11-12H. The van der Waals surface area contributed by atoms with Crippen molar-refractivity contribution in [2.75, 3.05) is 5.48 Å². The number of nitrogens with zero attached hydrogens (tertiary/aromatic N) is 2. The minimum absolute atomic E-state index is 0.619. The SMILES string of the molecule is ONc1cccc2ncncc12. The highest BCUT2D eigenvalue weighted by Crippen LogP contribution is 2.18. The molecule has 0 spiro atoms. The fourth-order valence-corrected chi connectivity index (χ4v) is 1.10. The number of fused-ring (bicyclic) bond motifs is 1. The topological polar surface area (TPSA) is 58.0 Å². The lowest BCUT2D eigenvalue weighted by Crippen LogP contribution is -1.91. The molecule has 0 aliphatic heterocycles. The van der Waals surface area contributed by atoms with Gasteiger partial charge in [0.1, 0.15) is 6.33 Å². The Morgan fingerprint density at radius 2 is 2.25 bits per heavy atom. The molecule has 1 aromatic carbocycles. The summed E-state index contributed by atoms with van der Waals surface area (Å²) in [6.07, 6.45) is 3.13. The molecule has 2 rings (SSSR count). The van der Waals surface area contributed by atoms with Gasteiger partial charge in [0.25, 0.3) is 0 Å². The summed E-state index contributed by atoms with van der Waals surface area (Å²) in [7, 11) is 0. The highest BCUT2D eigenvalue weighted by atomic mass is 16.5. The van der Waals surface area contributed by atoms with E-state index in [4.69, 9.17) is 5.21 Å². The van der Waals surface area contributed by atoms with Crippen LogP contribution in [0.25, 0.3) is 10.9 Å². The molecule has 2 aromatic rings. The number of hydrogen-bond donors (Lipinski definition) is 2. The minimum atomic E-state index is 0.619. The number of benzene rings is 1. The fourth-order valence-electron chi connectivity index (χ4n) is 1.10. The number of aromatic nitrogens is 2. The summed E-state index contributed by atoms with van der Waals surface area (Å²) in [5, 5.41) is 9.54. The van der Waals surface area contributed by atoms with E-state index in [1.54, 1.807) is 12.3 Å². The molecule has 0 unspecified atom stereocenters. The van der Waals surface area contributed by atoms with E-state index >= 15 is 0 Å². The summed E-state index contributed by atoms with van der Waals surface area (Å²) in [6, 6.07) is 5.43. The number of rotatable bonds is 1. The minimum Gasteiger partial charge on any atom is -0.291 e. The van der Waals surface area contributed by atoms with Crippen LogP contribution in [0.3, 0.4) is 0 Å². The third-order valence-electron chi connectivity index (χ3n) is 1.67. The summed E-state index contributed by atoms with van der Waals surface area (Å²) < 4.78 is 0. The van der Waals surface area contributed by atoms with E-state index in [0.29, 0.717) is 5.69 Å². The fraction of sp³-hybridized carbons (Fsp3) is 0. The molecule has 0 atom stereocenters. The van der Waals surface area contributed by atoms with Crippen LogP contribution >= 0.6 is 0 Å². The molecule has 1 heterocycles. The average Bonchev–Trinajstić information content (AvgIpc) is 2.17. The molecule has 0 bridgehead atoms. The maximum Gasteiger partial charge on any atom is 0.116 e. The Labute approximate surface area is 68.9 Å². The lowest BCUT2D eigenvalue weighted by atomic mass is 10.2. The van der Waals surface area contributed by atoms with Gasteiger partial charge < -0.3 is 0 Å². The Morgan fingerprint density at radius 3 is 3.08 bits per heavy atom. The van der Waals surface area contributed by atoms with E-state index in [-0.39, 0.29) is 0 Å². The van der Waals surface area contributed by atoms with E-state index in [2.05, 4.69) is 15.4 Å². The molecule has 60 valence electrons. The molecule has 0 saturated heterocycles. The molecule has 0 amide bonds. The Hall–Kier alpha value is -1.68. The molecular formula is C8H7N3O. The molecule has 0 aliphatic carbocycles. The van der Waals surface area contributed by atoms with Crippen molar-refractivity contribution < 1.29 is 5.21 Å². The van der Waals surface area contributed by atoms with Crippen LogP contribution in [0, 0.1) is 0 Å². The number of hydrogen-bond acceptors (Lipinski definition) is 4. The molecule has 0 saturated carbocycles. The second kappa shape index (κ2) is 2.75. The third-order valence-corrected chi connectivity index (χ3v) is 1.67. The Morgan fingerprint density at radius 1 is 1.33 bits per heavy atom. The van der Waals surface area contributed by atoms with Crippen LogP contribution in [0.2, 0.25) is 0 Å². The van der Waals surface area contributed by atoms with Crippen LogP contribution in [-0.2, 0) is 0 Å². The average molecular weight is 161 g/mol. The highest BCUT2D eigenvalue weighted by molar-refractivity contribution is 5.89. The summed E-state index contributed by atoms with van der Waals surface area (Å²) >= 11 is 0. The van der Waals surface area contributed by atoms with Gasteiger partial charge in [-0.05, 0) is 12.1 Å². The summed E-state index contributed by atoms with van der Waals surface area (Å²) in [5.74, 6) is 0. The second-order valence-electron chi connectivity index (χ2n) is 2.37. The van der Waals surface area contributed by atoms with Gasteiger partial charge >= 0.3 is 0 Å². The largest absolute Gasteiger partial charge is 0.291 e. The van der Waals surface area contributed by atoms with Gasteiger partial charge in [0, 0.05) is 11.6 Å². The molecule has 1 aromatic heterocycles. The van der Waals surface area contributed by atoms with E-state index in [0.717, 1.165) is 10.9 Å². The van der Waals surface area contributed by atoms with Crippen molar-refractivity contribution in [1.82, 2.24) is 9.97 Å². The number of anilines is 1. The Bertz CT molecular complexity index is 397. The van der Waals surface area contributed by atoms with Crippen LogP contribution in [0.1, 0.15) is 0 Å². The van der Waals surface area contributed by atoms with Crippen LogP contribution < -0.4 is 5.48 Å². The number of nitrogens with one attached hydrogen (secondary N) is 1. The first-order valence-corrected chi connectivity index (χ1v) is 3.50. The summed E-state index contributed by atoms with van der Waals surface area (Å²) in [4.78, 5) is 7.89. The van der Waals surface area contributed by atoms with Crippen molar-refractivity contribution in [3.63, 3.8) is 0 Å². The first kappa shape index (κ1) is 7.00. The van der Waals surface area contributed by atoms with E-state index < -0.39 is 0 Å². The molecule has 12 heavy (non-hydrogen) atoms. The lowest BCUT2D eigenvalue weighted by molar-refractivity contribution is 0.390. The van der Waals surface area contributed by atoms with Gasteiger partial charge in [0.05, 0.1) is 11.2 Å².